The fourth-order valence-corrected chi connectivity index (χ4v) is 2.10. The fourth-order valence-electron chi connectivity index (χ4n) is 2.10. The first-order valence-corrected chi connectivity index (χ1v) is 6.61. The third-order valence-corrected chi connectivity index (χ3v) is 2.91. The minimum Gasteiger partial charge on any atom is -0.240 e. The molecule has 0 aliphatic rings. The van der Waals surface area contributed by atoms with Crippen molar-refractivity contribution in [2.24, 2.45) is 5.41 Å². The molecule has 0 atom stereocenters. The van der Waals surface area contributed by atoms with E-state index in [9.17, 15) is 0 Å². The lowest BCUT2D eigenvalue weighted by Crippen LogP contribution is -2.09. The van der Waals surface area contributed by atoms with Gasteiger partial charge in [-0.3, -0.25) is 0 Å². The maximum absolute atomic E-state index is 4.60. The predicted octanol–water partition coefficient (Wildman–Crippen LogP) is 4.34. The Labute approximate surface area is 109 Å². The summed E-state index contributed by atoms with van der Waals surface area (Å²) in [6, 6.07) is 6.51. The van der Waals surface area contributed by atoms with Crippen LogP contribution in [0.2, 0.25) is 0 Å². The topological polar surface area (TPSA) is 25.8 Å². The Morgan fingerprint density at radius 1 is 1.17 bits per heavy atom. The van der Waals surface area contributed by atoms with E-state index in [0.717, 1.165) is 23.1 Å². The van der Waals surface area contributed by atoms with Gasteiger partial charge < -0.3 is 0 Å². The van der Waals surface area contributed by atoms with Crippen molar-refractivity contribution in [3.8, 4) is 0 Å². The Morgan fingerprint density at radius 3 is 2.50 bits per heavy atom. The molecule has 2 heteroatoms. The van der Waals surface area contributed by atoms with E-state index in [1.807, 2.05) is 6.20 Å². The summed E-state index contributed by atoms with van der Waals surface area (Å²) in [6.07, 6.45) is 3.03. The first-order chi connectivity index (χ1) is 8.35. The van der Waals surface area contributed by atoms with Crippen molar-refractivity contribution in [3.63, 3.8) is 0 Å². The number of aromatic nitrogens is 2. The van der Waals surface area contributed by atoms with Gasteiger partial charge in [0.2, 0.25) is 0 Å². The van der Waals surface area contributed by atoms with Crippen LogP contribution in [0.3, 0.4) is 0 Å². The maximum Gasteiger partial charge on any atom is 0.131 e. The van der Waals surface area contributed by atoms with Gasteiger partial charge >= 0.3 is 0 Å². The van der Waals surface area contributed by atoms with Crippen molar-refractivity contribution in [1.29, 1.82) is 0 Å². The summed E-state index contributed by atoms with van der Waals surface area (Å²) in [5, 5.41) is 1.14. The number of nitrogens with zero attached hydrogens (tertiary/aromatic N) is 2. The van der Waals surface area contributed by atoms with Crippen LogP contribution in [0.25, 0.3) is 10.9 Å². The van der Waals surface area contributed by atoms with Crippen molar-refractivity contribution in [1.82, 2.24) is 9.97 Å². The van der Waals surface area contributed by atoms with E-state index >= 15 is 0 Å². The van der Waals surface area contributed by atoms with Crippen molar-refractivity contribution in [2.75, 3.05) is 0 Å². The summed E-state index contributed by atoms with van der Waals surface area (Å²) in [5.74, 6) is 1.30. The molecule has 1 aromatic carbocycles. The predicted molar refractivity (Wildman–Crippen MR) is 76.8 cm³/mol. The first-order valence-electron chi connectivity index (χ1n) is 6.61. The van der Waals surface area contributed by atoms with Gasteiger partial charge in [0.05, 0.1) is 5.52 Å². The van der Waals surface area contributed by atoms with Gasteiger partial charge in [0.15, 0.2) is 0 Å². The van der Waals surface area contributed by atoms with E-state index in [1.54, 1.807) is 0 Å². The third-order valence-electron chi connectivity index (χ3n) is 2.91. The molecule has 2 nitrogen and oxygen atoms in total. The zero-order chi connectivity index (χ0) is 13.3. The molecule has 0 saturated heterocycles. The second kappa shape index (κ2) is 4.68. The molecule has 2 aromatic rings. The summed E-state index contributed by atoms with van der Waals surface area (Å²) in [5.41, 5.74) is 2.72. The molecule has 0 radical (unpaired) electrons. The molecule has 0 amide bonds. The van der Waals surface area contributed by atoms with Crippen molar-refractivity contribution < 1.29 is 0 Å². The zero-order valence-electron chi connectivity index (χ0n) is 12.0. The normalized spacial score (nSPS) is 12.3. The molecule has 18 heavy (non-hydrogen) atoms. The van der Waals surface area contributed by atoms with Gasteiger partial charge in [0.25, 0.3) is 0 Å². The Morgan fingerprint density at radius 2 is 1.89 bits per heavy atom. The highest BCUT2D eigenvalue weighted by atomic mass is 14.9. The van der Waals surface area contributed by atoms with E-state index in [2.05, 4.69) is 62.8 Å². The lowest BCUT2D eigenvalue weighted by Gasteiger charge is -2.18. The van der Waals surface area contributed by atoms with Gasteiger partial charge in [-0.25, -0.2) is 9.97 Å². The molecule has 0 saturated carbocycles. The number of fused-ring (bicyclic) bond motifs is 1. The molecule has 0 aliphatic carbocycles. The molecule has 0 fully saturated rings. The number of hydrogen-bond donors (Lipinski definition) is 0. The van der Waals surface area contributed by atoms with Crippen LogP contribution in [-0.2, 0) is 6.42 Å². The summed E-state index contributed by atoms with van der Waals surface area (Å²) in [4.78, 5) is 9.03. The van der Waals surface area contributed by atoms with Crippen LogP contribution >= 0.6 is 0 Å². The Kier molecular flexibility index (Phi) is 3.38. The Hall–Kier alpha value is -1.44. The quantitative estimate of drug-likeness (QED) is 0.782. The average molecular weight is 242 g/mol. The second-order valence-corrected chi connectivity index (χ2v) is 6.51. The summed E-state index contributed by atoms with van der Waals surface area (Å²) in [6.45, 7) is 11.0. The van der Waals surface area contributed by atoms with E-state index in [1.165, 1.54) is 5.56 Å². The van der Waals surface area contributed by atoms with Crippen molar-refractivity contribution in [3.05, 3.63) is 35.8 Å². The minimum absolute atomic E-state index is 0.312. The van der Waals surface area contributed by atoms with Crippen LogP contribution in [0.1, 0.15) is 51.9 Å². The molecule has 0 bridgehead atoms. The maximum atomic E-state index is 4.60. The SMILES string of the molecule is CC(C)c1ncc2cc(CC(C)(C)C)ccc2n1. The van der Waals surface area contributed by atoms with Crippen LogP contribution in [0.4, 0.5) is 0 Å². The lowest BCUT2D eigenvalue weighted by molar-refractivity contribution is 0.411. The van der Waals surface area contributed by atoms with Gasteiger partial charge in [-0.05, 0) is 29.5 Å². The first kappa shape index (κ1) is 13.0. The highest BCUT2D eigenvalue weighted by molar-refractivity contribution is 5.78. The molecular formula is C16H22N2. The van der Waals surface area contributed by atoms with Crippen LogP contribution in [0, 0.1) is 5.41 Å². The molecule has 96 valence electrons. The van der Waals surface area contributed by atoms with Gasteiger partial charge in [-0.15, -0.1) is 0 Å². The molecule has 0 aliphatic heterocycles. The molecule has 0 unspecified atom stereocenters. The zero-order valence-corrected chi connectivity index (χ0v) is 12.0. The molecular weight excluding hydrogens is 220 g/mol. The Bertz CT molecular complexity index is 551. The van der Waals surface area contributed by atoms with Crippen molar-refractivity contribution >= 4 is 10.9 Å². The lowest BCUT2D eigenvalue weighted by atomic mass is 9.88. The molecule has 1 aromatic heterocycles. The van der Waals surface area contributed by atoms with E-state index in [0.29, 0.717) is 11.3 Å². The largest absolute Gasteiger partial charge is 0.240 e. The number of hydrogen-bond acceptors (Lipinski definition) is 2. The standard InChI is InChI=1S/C16H22N2/c1-11(2)15-17-10-13-8-12(9-16(3,4)5)6-7-14(13)18-15/h6-8,10-11H,9H2,1-5H3. The fraction of sp³-hybridized carbons (Fsp3) is 0.500. The number of rotatable bonds is 2. The molecule has 2 rings (SSSR count). The van der Waals surface area contributed by atoms with Gasteiger partial charge in [-0.2, -0.15) is 0 Å². The molecule has 0 spiro atoms. The Balaban J connectivity index is 2.38. The van der Waals surface area contributed by atoms with E-state index in [-0.39, 0.29) is 0 Å². The van der Waals surface area contributed by atoms with E-state index < -0.39 is 0 Å². The smallest absolute Gasteiger partial charge is 0.131 e. The van der Waals surface area contributed by atoms with Crippen LogP contribution in [0.15, 0.2) is 24.4 Å². The van der Waals surface area contributed by atoms with Crippen LogP contribution in [0.5, 0.6) is 0 Å². The van der Waals surface area contributed by atoms with Crippen LogP contribution < -0.4 is 0 Å². The average Bonchev–Trinajstić information content (AvgIpc) is 2.26. The van der Waals surface area contributed by atoms with Gasteiger partial charge in [0.1, 0.15) is 5.82 Å². The minimum atomic E-state index is 0.312. The number of benzene rings is 1. The summed E-state index contributed by atoms with van der Waals surface area (Å²) in [7, 11) is 0. The van der Waals surface area contributed by atoms with Gasteiger partial charge in [-0.1, -0.05) is 40.7 Å². The van der Waals surface area contributed by atoms with E-state index in [4.69, 9.17) is 0 Å². The third kappa shape index (κ3) is 3.06. The highest BCUT2D eigenvalue weighted by Crippen LogP contribution is 2.23. The molecule has 0 N–H and O–H groups in total. The summed E-state index contributed by atoms with van der Waals surface area (Å²) >= 11 is 0. The van der Waals surface area contributed by atoms with Crippen molar-refractivity contribution in [2.45, 2.75) is 47.0 Å². The van der Waals surface area contributed by atoms with Gasteiger partial charge in [0, 0.05) is 17.5 Å². The molecule has 1 heterocycles. The summed E-state index contributed by atoms with van der Waals surface area (Å²) < 4.78 is 0. The van der Waals surface area contributed by atoms with Crippen LogP contribution in [-0.4, -0.2) is 9.97 Å². The second-order valence-electron chi connectivity index (χ2n) is 6.51. The highest BCUT2D eigenvalue weighted by Gasteiger charge is 2.12. The monoisotopic (exact) mass is 242 g/mol.